The van der Waals surface area contributed by atoms with E-state index in [0.717, 1.165) is 4.88 Å². The Balaban J connectivity index is 2.15. The summed E-state index contributed by atoms with van der Waals surface area (Å²) in [4.78, 5) is 2.30. The lowest BCUT2D eigenvalue weighted by Crippen LogP contribution is -2.12. The van der Waals surface area contributed by atoms with Crippen LogP contribution in [0, 0.1) is 12.7 Å². The van der Waals surface area contributed by atoms with E-state index in [2.05, 4.69) is 0 Å². The van der Waals surface area contributed by atoms with Gasteiger partial charge in [0.2, 0.25) is 0 Å². The van der Waals surface area contributed by atoms with Gasteiger partial charge < -0.3 is 5.73 Å². The lowest BCUT2D eigenvalue weighted by Gasteiger charge is -2.10. The van der Waals surface area contributed by atoms with Gasteiger partial charge >= 0.3 is 0 Å². The quantitative estimate of drug-likeness (QED) is 0.892. The average molecular weight is 270 g/mol. The third-order valence-corrected chi connectivity index (χ3v) is 3.95. The molecular formula is C13H13ClFNS. The summed E-state index contributed by atoms with van der Waals surface area (Å²) in [5.74, 6) is -0.291. The molecule has 0 aliphatic carbocycles. The molecule has 0 spiro atoms. The van der Waals surface area contributed by atoms with E-state index in [9.17, 15) is 4.39 Å². The van der Waals surface area contributed by atoms with E-state index in [1.165, 1.54) is 10.9 Å². The zero-order chi connectivity index (χ0) is 12.4. The highest BCUT2D eigenvalue weighted by Gasteiger charge is 2.12. The van der Waals surface area contributed by atoms with E-state index in [0.29, 0.717) is 17.0 Å². The second-order valence-electron chi connectivity index (χ2n) is 3.99. The van der Waals surface area contributed by atoms with Crippen LogP contribution < -0.4 is 5.73 Å². The monoisotopic (exact) mass is 269 g/mol. The van der Waals surface area contributed by atoms with Crippen LogP contribution >= 0.6 is 22.9 Å². The predicted octanol–water partition coefficient (Wildman–Crippen LogP) is 4.09. The number of hydrogen-bond donors (Lipinski definition) is 1. The van der Waals surface area contributed by atoms with Crippen molar-refractivity contribution in [2.24, 2.45) is 5.73 Å². The molecule has 1 heterocycles. The molecule has 0 radical (unpaired) electrons. The largest absolute Gasteiger partial charge is 0.323 e. The van der Waals surface area contributed by atoms with Crippen molar-refractivity contribution < 1.29 is 4.39 Å². The van der Waals surface area contributed by atoms with Gasteiger partial charge in [0, 0.05) is 20.8 Å². The van der Waals surface area contributed by atoms with E-state index >= 15 is 0 Å². The molecule has 1 nitrogen and oxygen atoms in total. The van der Waals surface area contributed by atoms with E-state index in [1.54, 1.807) is 23.5 Å². The van der Waals surface area contributed by atoms with Gasteiger partial charge in [-0.1, -0.05) is 17.7 Å². The van der Waals surface area contributed by atoms with Crippen molar-refractivity contribution in [1.29, 1.82) is 0 Å². The minimum Gasteiger partial charge on any atom is -0.323 e. The average Bonchev–Trinajstić information content (AvgIpc) is 2.69. The predicted molar refractivity (Wildman–Crippen MR) is 71.1 cm³/mol. The van der Waals surface area contributed by atoms with Crippen molar-refractivity contribution >= 4 is 22.9 Å². The van der Waals surface area contributed by atoms with Gasteiger partial charge in [0.15, 0.2) is 0 Å². The molecule has 4 heteroatoms. The Hall–Kier alpha value is -0.900. The number of benzene rings is 1. The third kappa shape index (κ3) is 3.06. The lowest BCUT2D eigenvalue weighted by atomic mass is 10.0. The van der Waals surface area contributed by atoms with E-state index in [-0.39, 0.29) is 11.9 Å². The van der Waals surface area contributed by atoms with Crippen LogP contribution in [0.25, 0.3) is 0 Å². The van der Waals surface area contributed by atoms with Gasteiger partial charge in [0.05, 0.1) is 0 Å². The normalized spacial score (nSPS) is 12.7. The summed E-state index contributed by atoms with van der Waals surface area (Å²) in [5.41, 5.74) is 6.66. The molecular weight excluding hydrogens is 257 g/mol. The number of aryl methyl sites for hydroxylation is 1. The Bertz CT molecular complexity index is 524. The third-order valence-electron chi connectivity index (χ3n) is 2.58. The van der Waals surface area contributed by atoms with Gasteiger partial charge in [-0.25, -0.2) is 4.39 Å². The van der Waals surface area contributed by atoms with Crippen molar-refractivity contribution in [2.45, 2.75) is 19.4 Å². The zero-order valence-electron chi connectivity index (χ0n) is 9.41. The number of rotatable bonds is 3. The van der Waals surface area contributed by atoms with E-state index < -0.39 is 0 Å². The fraction of sp³-hybridized carbons (Fsp3) is 0.231. The van der Waals surface area contributed by atoms with Crippen LogP contribution in [0.4, 0.5) is 4.39 Å². The molecule has 0 saturated heterocycles. The Kier molecular flexibility index (Phi) is 3.82. The highest BCUT2D eigenvalue weighted by molar-refractivity contribution is 7.12. The second kappa shape index (κ2) is 5.17. The molecule has 0 saturated carbocycles. The van der Waals surface area contributed by atoms with Crippen LogP contribution in [-0.4, -0.2) is 0 Å². The van der Waals surface area contributed by atoms with Crippen molar-refractivity contribution in [3.05, 3.63) is 56.5 Å². The first kappa shape index (κ1) is 12.6. The Morgan fingerprint density at radius 2 is 2.12 bits per heavy atom. The van der Waals surface area contributed by atoms with Crippen molar-refractivity contribution in [3.8, 4) is 0 Å². The van der Waals surface area contributed by atoms with Gasteiger partial charge in [-0.2, -0.15) is 0 Å². The highest BCUT2D eigenvalue weighted by Crippen LogP contribution is 2.25. The molecule has 1 unspecified atom stereocenters. The first-order valence-electron chi connectivity index (χ1n) is 5.32. The molecule has 0 amide bonds. The van der Waals surface area contributed by atoms with Gasteiger partial charge in [0.1, 0.15) is 5.82 Å². The van der Waals surface area contributed by atoms with Crippen molar-refractivity contribution in [1.82, 2.24) is 0 Å². The Labute approximate surface area is 109 Å². The first-order valence-corrected chi connectivity index (χ1v) is 6.51. The number of hydrogen-bond acceptors (Lipinski definition) is 2. The smallest absolute Gasteiger partial charge is 0.127 e. The summed E-state index contributed by atoms with van der Waals surface area (Å²) in [7, 11) is 0. The molecule has 2 N–H and O–H groups in total. The minimum absolute atomic E-state index is 0.163. The van der Waals surface area contributed by atoms with Crippen LogP contribution in [0.3, 0.4) is 0 Å². The Morgan fingerprint density at radius 3 is 2.71 bits per heavy atom. The maximum absolute atomic E-state index is 13.6. The number of thiophene rings is 1. The van der Waals surface area contributed by atoms with Gasteiger partial charge in [-0.3, -0.25) is 0 Å². The topological polar surface area (TPSA) is 26.0 Å². The van der Waals surface area contributed by atoms with Gasteiger partial charge in [0.25, 0.3) is 0 Å². The van der Waals surface area contributed by atoms with Crippen LogP contribution in [0.1, 0.15) is 21.4 Å². The summed E-state index contributed by atoms with van der Waals surface area (Å²) in [6.45, 7) is 2.03. The second-order valence-corrected chi connectivity index (χ2v) is 5.75. The molecule has 0 bridgehead atoms. The lowest BCUT2D eigenvalue weighted by molar-refractivity contribution is 0.595. The van der Waals surface area contributed by atoms with E-state index in [1.807, 2.05) is 19.1 Å². The zero-order valence-corrected chi connectivity index (χ0v) is 11.0. The maximum atomic E-state index is 13.6. The first-order chi connectivity index (χ1) is 8.06. The van der Waals surface area contributed by atoms with Crippen LogP contribution in [0.5, 0.6) is 0 Å². The summed E-state index contributed by atoms with van der Waals surface area (Å²) < 4.78 is 13.6. The minimum atomic E-state index is -0.291. The molecule has 2 rings (SSSR count). The molecule has 0 aliphatic rings. The molecule has 1 aromatic heterocycles. The summed E-state index contributed by atoms with van der Waals surface area (Å²) in [5, 5.41) is 0.409. The van der Waals surface area contributed by atoms with Gasteiger partial charge in [-0.15, -0.1) is 11.3 Å². The van der Waals surface area contributed by atoms with Crippen molar-refractivity contribution in [2.75, 3.05) is 0 Å². The fourth-order valence-electron chi connectivity index (χ4n) is 1.68. The molecule has 1 aromatic carbocycles. The van der Waals surface area contributed by atoms with Crippen molar-refractivity contribution in [3.63, 3.8) is 0 Å². The highest BCUT2D eigenvalue weighted by atomic mass is 35.5. The number of halogens is 2. The number of nitrogens with two attached hydrogens (primary N) is 1. The molecule has 1 atom stereocenters. The summed E-state index contributed by atoms with van der Waals surface area (Å²) >= 11 is 7.36. The summed E-state index contributed by atoms with van der Waals surface area (Å²) in [6, 6.07) is 8.56. The van der Waals surface area contributed by atoms with Crippen LogP contribution in [0.2, 0.25) is 5.02 Å². The molecule has 0 aliphatic heterocycles. The molecule has 0 fully saturated rings. The Morgan fingerprint density at radius 1 is 1.35 bits per heavy atom. The van der Waals surface area contributed by atoms with Crippen LogP contribution in [-0.2, 0) is 6.42 Å². The summed E-state index contributed by atoms with van der Waals surface area (Å²) in [6.07, 6.45) is 0.489. The SMILES string of the molecule is Cc1ccc(C(N)Cc2ccc(Cl)cc2F)s1. The van der Waals surface area contributed by atoms with Gasteiger partial charge in [-0.05, 0) is 43.2 Å². The standard InChI is InChI=1S/C13H13ClFNS/c1-8-2-5-13(17-8)12(16)6-9-3-4-10(14)7-11(9)15/h2-5,7,12H,6,16H2,1H3. The molecule has 2 aromatic rings. The molecule has 17 heavy (non-hydrogen) atoms. The van der Waals surface area contributed by atoms with Crippen LogP contribution in [0.15, 0.2) is 30.3 Å². The fourth-order valence-corrected chi connectivity index (χ4v) is 2.71. The van der Waals surface area contributed by atoms with E-state index in [4.69, 9.17) is 17.3 Å². The molecule has 90 valence electrons. The maximum Gasteiger partial charge on any atom is 0.127 e.